The molecule has 5 N–H and O–H groups in total. The lowest BCUT2D eigenvalue weighted by atomic mass is 9.91. The zero-order valence-electron chi connectivity index (χ0n) is 39.0. The summed E-state index contributed by atoms with van der Waals surface area (Å²) in [4.78, 5) is 0. The predicted octanol–water partition coefficient (Wildman–Crippen LogP) is 12.9. The summed E-state index contributed by atoms with van der Waals surface area (Å²) >= 11 is 0. The van der Waals surface area contributed by atoms with Gasteiger partial charge in [0.25, 0.3) is 0 Å². The van der Waals surface area contributed by atoms with Gasteiger partial charge < -0.3 is 9.88 Å². The van der Waals surface area contributed by atoms with Crippen molar-refractivity contribution in [3.63, 3.8) is 0 Å². The first-order chi connectivity index (χ1) is 30.4. The number of nitrogens with one attached hydrogen (secondary N) is 3. The smallest absolute Gasteiger partial charge is 0.0968 e. The molecule has 0 bridgehead atoms. The molecule has 5 heteroatoms. The van der Waals surface area contributed by atoms with Gasteiger partial charge in [-0.25, -0.2) is 5.43 Å². The maximum atomic E-state index is 6.21. The molecule has 2 atom stereocenters. The van der Waals surface area contributed by atoms with Crippen LogP contribution in [0.2, 0.25) is 0 Å². The van der Waals surface area contributed by atoms with Gasteiger partial charge in [-0.05, 0) is 121 Å². The number of nitrogens with two attached hydrogens (primary N) is 1. The van der Waals surface area contributed by atoms with Crippen LogP contribution in [0.3, 0.4) is 0 Å². The van der Waals surface area contributed by atoms with Crippen LogP contribution in [0, 0.1) is 0 Å². The Kier molecular flexibility index (Phi) is 22.6. The molecule has 4 aromatic rings. The standard InChI is InChI=1S/C51H55N5.3C2H6/c1-6-9-13-22-37(4)38(5)33-47-46-32-31-42(40-23-14-10-15-24-40)35-48(46)56(49(47)36-53-44-28-18-12-19-29-44)45-30-20-27-43(34-45)50(39(8-3)21-7-2)54-51(55-52)41-25-16-11-17-26-41;3*1-2/h6-18,20-28,30,33-36,50-51,53-55H,4-5,19,29,31-32,52H2,1-3H3;3*1-2H3/b9-6-,21-7-,22-13-,39-8+,47-33-,49-36+;;;. The second-order valence-corrected chi connectivity index (χ2v) is 14.1. The Hall–Kier alpha value is -5.98. The van der Waals surface area contributed by atoms with Gasteiger partial charge in [-0.2, -0.15) is 0 Å². The highest BCUT2D eigenvalue weighted by atomic mass is 15.3. The molecule has 1 heterocycles. The fraction of sp³-hybridized carbons (Fsp3) is 0.263. The number of rotatable bonds is 15. The second kappa shape index (κ2) is 27.8. The third-order valence-electron chi connectivity index (χ3n) is 10.4. The summed E-state index contributed by atoms with van der Waals surface area (Å²) in [5, 5.41) is 9.76. The molecule has 2 aliphatic carbocycles. The lowest BCUT2D eigenvalue weighted by molar-refractivity contribution is 0.415. The fourth-order valence-corrected chi connectivity index (χ4v) is 7.42. The number of hydrazine groups is 1. The van der Waals surface area contributed by atoms with Gasteiger partial charge in [0.05, 0.1) is 23.3 Å². The van der Waals surface area contributed by atoms with Crippen molar-refractivity contribution in [2.75, 3.05) is 0 Å². The van der Waals surface area contributed by atoms with Crippen LogP contribution in [0.15, 0.2) is 181 Å². The topological polar surface area (TPSA) is 67.0 Å². The van der Waals surface area contributed by atoms with E-state index in [2.05, 4.69) is 169 Å². The number of nitrogens with zero attached hydrogens (tertiary/aromatic N) is 1. The van der Waals surface area contributed by atoms with E-state index in [-0.39, 0.29) is 12.2 Å². The quantitative estimate of drug-likeness (QED) is 0.0417. The first kappa shape index (κ1) is 50.4. The molecule has 6 rings (SSSR count). The van der Waals surface area contributed by atoms with E-state index in [4.69, 9.17) is 5.84 Å². The van der Waals surface area contributed by atoms with E-state index in [0.29, 0.717) is 0 Å². The Balaban J connectivity index is 0.00000163. The molecule has 0 saturated carbocycles. The minimum Gasteiger partial charge on any atom is -0.363 e. The summed E-state index contributed by atoms with van der Waals surface area (Å²) in [6.07, 6.45) is 31.3. The monoisotopic (exact) mass is 828 g/mol. The van der Waals surface area contributed by atoms with Crippen LogP contribution < -0.4 is 32.5 Å². The highest BCUT2D eigenvalue weighted by Crippen LogP contribution is 2.32. The molecule has 2 aliphatic rings. The Morgan fingerprint density at radius 2 is 1.45 bits per heavy atom. The van der Waals surface area contributed by atoms with E-state index in [0.717, 1.165) is 69.8 Å². The molecule has 62 heavy (non-hydrogen) atoms. The third kappa shape index (κ3) is 13.5. The number of aromatic nitrogens is 1. The Bertz CT molecular complexity index is 2360. The first-order valence-corrected chi connectivity index (χ1v) is 22.6. The maximum Gasteiger partial charge on any atom is 0.0968 e. The van der Waals surface area contributed by atoms with Gasteiger partial charge in [0, 0.05) is 22.8 Å². The van der Waals surface area contributed by atoms with Crippen LogP contribution in [0.4, 0.5) is 0 Å². The maximum absolute atomic E-state index is 6.21. The molecule has 0 radical (unpaired) electrons. The average Bonchev–Trinajstić information content (AvgIpc) is 3.65. The van der Waals surface area contributed by atoms with E-state index in [9.17, 15) is 0 Å². The van der Waals surface area contributed by atoms with Crippen LogP contribution >= 0.6 is 0 Å². The molecule has 0 saturated heterocycles. The highest BCUT2D eigenvalue weighted by Gasteiger charge is 2.24. The van der Waals surface area contributed by atoms with Crippen molar-refractivity contribution in [3.05, 3.63) is 220 Å². The Morgan fingerprint density at radius 3 is 2.08 bits per heavy atom. The molecule has 326 valence electrons. The molecule has 5 nitrogen and oxygen atoms in total. The third-order valence-corrected chi connectivity index (χ3v) is 10.4. The molecule has 1 aromatic heterocycles. The lowest BCUT2D eigenvalue weighted by Crippen LogP contribution is -2.40. The summed E-state index contributed by atoms with van der Waals surface area (Å²) in [7, 11) is 0. The van der Waals surface area contributed by atoms with Crippen molar-refractivity contribution >= 4 is 23.9 Å². The fourth-order valence-electron chi connectivity index (χ4n) is 7.42. The Labute approximate surface area is 374 Å². The normalized spacial score (nSPS) is 15.0. The SMILES string of the molecule is C=C(/C=C\C=C/C)C(=C)/C=c1/c2c(n(-c3cccc(C(NC(NN)c4ccccc4)C(/C=C\C)=C/C)c3)/c1=C/NC1=CC=CCC1)C=C(c1ccccc1)CC2.CC.CC.CC. The van der Waals surface area contributed by atoms with E-state index in [1.807, 2.05) is 91.0 Å². The van der Waals surface area contributed by atoms with Crippen LogP contribution in [-0.4, -0.2) is 4.57 Å². The van der Waals surface area contributed by atoms with Crippen molar-refractivity contribution < 1.29 is 0 Å². The predicted molar refractivity (Wildman–Crippen MR) is 273 cm³/mol. The summed E-state index contributed by atoms with van der Waals surface area (Å²) in [5.41, 5.74) is 15.4. The minimum atomic E-state index is -0.283. The highest BCUT2D eigenvalue weighted by molar-refractivity contribution is 5.84. The summed E-state index contributed by atoms with van der Waals surface area (Å²) in [5.74, 6) is 6.21. The first-order valence-electron chi connectivity index (χ1n) is 22.6. The molecule has 3 aromatic carbocycles. The number of allylic oxidation sites excluding steroid dienone is 13. The number of hydrogen-bond acceptors (Lipinski definition) is 4. The van der Waals surface area contributed by atoms with Crippen LogP contribution in [0.25, 0.3) is 29.6 Å². The molecule has 0 aliphatic heterocycles. The van der Waals surface area contributed by atoms with Gasteiger partial charge in [-0.3, -0.25) is 11.2 Å². The van der Waals surface area contributed by atoms with Gasteiger partial charge in [0.15, 0.2) is 0 Å². The summed E-state index contributed by atoms with van der Waals surface area (Å²) in [6.45, 7) is 27.0. The van der Waals surface area contributed by atoms with Crippen molar-refractivity contribution in [2.45, 2.75) is 100 Å². The summed E-state index contributed by atoms with van der Waals surface area (Å²) < 4.78 is 2.42. The molecular formula is C57H73N5. The van der Waals surface area contributed by atoms with Crippen LogP contribution in [0.1, 0.15) is 122 Å². The van der Waals surface area contributed by atoms with Crippen molar-refractivity contribution in [3.8, 4) is 5.69 Å². The van der Waals surface area contributed by atoms with Crippen LogP contribution in [0.5, 0.6) is 0 Å². The number of benzene rings is 3. The summed E-state index contributed by atoms with van der Waals surface area (Å²) in [6, 6.07) is 29.7. The van der Waals surface area contributed by atoms with Gasteiger partial charge in [-0.15, -0.1) is 0 Å². The molecule has 2 unspecified atom stereocenters. The average molecular weight is 828 g/mol. The van der Waals surface area contributed by atoms with Gasteiger partial charge in [0.1, 0.15) is 0 Å². The van der Waals surface area contributed by atoms with E-state index in [1.165, 1.54) is 28.1 Å². The minimum absolute atomic E-state index is 0.165. The number of hydrogen-bond donors (Lipinski definition) is 4. The lowest BCUT2D eigenvalue weighted by Gasteiger charge is -2.28. The van der Waals surface area contributed by atoms with E-state index >= 15 is 0 Å². The second-order valence-electron chi connectivity index (χ2n) is 14.1. The van der Waals surface area contributed by atoms with Gasteiger partial charge in [-0.1, -0.05) is 182 Å². The number of fused-ring (bicyclic) bond motifs is 1. The van der Waals surface area contributed by atoms with Crippen molar-refractivity contribution in [2.24, 2.45) is 5.84 Å². The van der Waals surface area contributed by atoms with E-state index < -0.39 is 0 Å². The van der Waals surface area contributed by atoms with E-state index in [1.54, 1.807) is 0 Å². The zero-order chi connectivity index (χ0) is 45.3. The van der Waals surface area contributed by atoms with Crippen molar-refractivity contribution in [1.29, 1.82) is 0 Å². The molecular weight excluding hydrogens is 755 g/mol. The zero-order valence-corrected chi connectivity index (χ0v) is 39.0. The molecule has 0 fully saturated rings. The van der Waals surface area contributed by atoms with Crippen molar-refractivity contribution in [1.82, 2.24) is 20.6 Å². The Morgan fingerprint density at radius 1 is 0.758 bits per heavy atom. The van der Waals surface area contributed by atoms with Gasteiger partial charge >= 0.3 is 0 Å². The van der Waals surface area contributed by atoms with Crippen LogP contribution in [-0.2, 0) is 6.42 Å². The largest absolute Gasteiger partial charge is 0.363 e. The van der Waals surface area contributed by atoms with Gasteiger partial charge in [0.2, 0.25) is 0 Å². The molecule has 0 amide bonds. The molecule has 0 spiro atoms.